The number of fused-ring (bicyclic) bond motifs is 1. The Morgan fingerprint density at radius 3 is 2.29 bits per heavy atom. The van der Waals surface area contributed by atoms with E-state index in [4.69, 9.17) is 0 Å². The smallest absolute Gasteiger partial charge is 0.290 e. The van der Waals surface area contributed by atoms with Gasteiger partial charge in [0, 0.05) is 28.6 Å². The zero-order chi connectivity index (χ0) is 25.6. The van der Waals surface area contributed by atoms with Crippen molar-refractivity contribution in [3.8, 4) is 0 Å². The molecule has 3 amide bonds. The fraction of sp³-hybridized carbons (Fsp3) is 0.346. The van der Waals surface area contributed by atoms with Crippen molar-refractivity contribution < 1.29 is 14.4 Å². The van der Waals surface area contributed by atoms with Crippen LogP contribution in [0.2, 0.25) is 0 Å². The van der Waals surface area contributed by atoms with Crippen LogP contribution in [0.15, 0.2) is 53.3 Å². The van der Waals surface area contributed by atoms with E-state index in [1.54, 1.807) is 63.2 Å². The minimum absolute atomic E-state index is 0.0446. The Labute approximate surface area is 203 Å². The van der Waals surface area contributed by atoms with Gasteiger partial charge in [0.15, 0.2) is 5.69 Å². The Morgan fingerprint density at radius 2 is 1.60 bits per heavy atom. The normalized spacial score (nSPS) is 11.2. The molecule has 35 heavy (non-hydrogen) atoms. The van der Waals surface area contributed by atoms with E-state index in [9.17, 15) is 19.2 Å². The summed E-state index contributed by atoms with van der Waals surface area (Å²) in [6, 6.07) is 13.2. The number of aromatic nitrogens is 2. The molecule has 0 radical (unpaired) electrons. The summed E-state index contributed by atoms with van der Waals surface area (Å²) in [6.07, 6.45) is 2.69. The van der Waals surface area contributed by atoms with E-state index >= 15 is 0 Å². The number of hydrazine groups is 1. The van der Waals surface area contributed by atoms with Crippen molar-refractivity contribution in [2.45, 2.75) is 53.5 Å². The number of carbonyl (C=O) groups is 3. The number of hydrogen-bond donors (Lipinski definition) is 3. The molecule has 3 rings (SSSR count). The van der Waals surface area contributed by atoms with Gasteiger partial charge >= 0.3 is 0 Å². The topological polar surface area (TPSA) is 122 Å². The number of nitrogens with zero attached hydrogens (tertiary/aromatic N) is 2. The van der Waals surface area contributed by atoms with Gasteiger partial charge in [-0.15, -0.1) is 0 Å². The first kappa shape index (κ1) is 25.6. The summed E-state index contributed by atoms with van der Waals surface area (Å²) in [4.78, 5) is 50.6. The average Bonchev–Trinajstić information content (AvgIpc) is 2.83. The van der Waals surface area contributed by atoms with Gasteiger partial charge in [-0.2, -0.15) is 5.10 Å². The van der Waals surface area contributed by atoms with Gasteiger partial charge in [-0.05, 0) is 30.7 Å². The highest BCUT2D eigenvalue weighted by molar-refractivity contribution is 6.06. The molecule has 0 unspecified atom stereocenters. The minimum Gasteiger partial charge on any atom is -0.326 e. The molecule has 0 spiro atoms. The molecule has 0 saturated carbocycles. The fourth-order valence-corrected chi connectivity index (χ4v) is 3.37. The van der Waals surface area contributed by atoms with Gasteiger partial charge in [-0.1, -0.05) is 64.8 Å². The van der Waals surface area contributed by atoms with Gasteiger partial charge in [-0.25, -0.2) is 4.68 Å². The summed E-state index contributed by atoms with van der Waals surface area (Å²) >= 11 is 0. The van der Waals surface area contributed by atoms with E-state index < -0.39 is 17.2 Å². The quantitative estimate of drug-likeness (QED) is 0.354. The van der Waals surface area contributed by atoms with E-state index in [2.05, 4.69) is 28.2 Å². The third-order valence-electron chi connectivity index (χ3n) is 5.41. The number of rotatable bonds is 7. The Morgan fingerprint density at radius 1 is 0.914 bits per heavy atom. The number of amides is 3. The van der Waals surface area contributed by atoms with Crippen molar-refractivity contribution in [3.63, 3.8) is 0 Å². The first-order chi connectivity index (χ1) is 16.6. The molecular weight excluding hydrogens is 446 g/mol. The van der Waals surface area contributed by atoms with Gasteiger partial charge < -0.3 is 5.32 Å². The van der Waals surface area contributed by atoms with Gasteiger partial charge in [-0.3, -0.25) is 30.0 Å². The van der Waals surface area contributed by atoms with E-state index in [1.165, 1.54) is 10.7 Å². The van der Waals surface area contributed by atoms with Gasteiger partial charge in [0.1, 0.15) is 0 Å². The van der Waals surface area contributed by atoms with Gasteiger partial charge in [0.2, 0.25) is 5.91 Å². The molecule has 9 nitrogen and oxygen atoms in total. The van der Waals surface area contributed by atoms with Crippen molar-refractivity contribution in [2.75, 3.05) is 5.32 Å². The number of unbranched alkanes of at least 4 members (excludes halogenated alkanes) is 2. The molecule has 0 saturated heterocycles. The first-order valence-electron chi connectivity index (χ1n) is 11.6. The Bertz CT molecular complexity index is 1310. The molecule has 0 aliphatic carbocycles. The van der Waals surface area contributed by atoms with Crippen LogP contribution in [0, 0.1) is 5.41 Å². The van der Waals surface area contributed by atoms with E-state index in [0.29, 0.717) is 23.0 Å². The number of hydrogen-bond acceptors (Lipinski definition) is 5. The zero-order valence-electron chi connectivity index (χ0n) is 20.5. The first-order valence-corrected chi connectivity index (χ1v) is 11.6. The Hall–Kier alpha value is -4.01. The second kappa shape index (κ2) is 10.9. The molecule has 3 N–H and O–H groups in total. The van der Waals surface area contributed by atoms with Crippen LogP contribution in [-0.4, -0.2) is 27.5 Å². The molecule has 1 aromatic heterocycles. The maximum Gasteiger partial charge on any atom is 0.290 e. The van der Waals surface area contributed by atoms with E-state index in [0.717, 1.165) is 19.3 Å². The zero-order valence-corrected chi connectivity index (χ0v) is 20.5. The summed E-state index contributed by atoms with van der Waals surface area (Å²) in [5, 5.41) is 7.85. The lowest BCUT2D eigenvalue weighted by molar-refractivity contribution is -0.123. The Balaban J connectivity index is 1.77. The summed E-state index contributed by atoms with van der Waals surface area (Å²) in [5.74, 6) is -1.39. The summed E-state index contributed by atoms with van der Waals surface area (Å²) in [7, 11) is 0. The van der Waals surface area contributed by atoms with Crippen LogP contribution < -0.4 is 21.7 Å². The molecular formula is C26H31N5O4. The lowest BCUT2D eigenvalue weighted by Gasteiger charge is -2.18. The number of anilines is 1. The van der Waals surface area contributed by atoms with Crippen molar-refractivity contribution in [2.24, 2.45) is 5.41 Å². The number of nitrogens with one attached hydrogen (secondary N) is 3. The van der Waals surface area contributed by atoms with Crippen molar-refractivity contribution in [1.82, 2.24) is 20.6 Å². The molecule has 1 heterocycles. The second-order valence-electron chi connectivity index (χ2n) is 9.32. The molecule has 0 aliphatic rings. The molecule has 0 aliphatic heterocycles. The number of aryl methyl sites for hydroxylation is 1. The van der Waals surface area contributed by atoms with Crippen LogP contribution in [0.3, 0.4) is 0 Å². The maximum atomic E-state index is 12.9. The van der Waals surface area contributed by atoms with Crippen LogP contribution >= 0.6 is 0 Å². The largest absolute Gasteiger partial charge is 0.326 e. The number of benzene rings is 2. The highest BCUT2D eigenvalue weighted by atomic mass is 16.2. The third kappa shape index (κ3) is 6.32. The highest BCUT2D eigenvalue weighted by Gasteiger charge is 2.22. The summed E-state index contributed by atoms with van der Waals surface area (Å²) in [6.45, 7) is 7.83. The van der Waals surface area contributed by atoms with Crippen LogP contribution in [0.25, 0.3) is 10.8 Å². The van der Waals surface area contributed by atoms with Gasteiger partial charge in [0.25, 0.3) is 17.4 Å². The predicted octanol–water partition coefficient (Wildman–Crippen LogP) is 3.65. The summed E-state index contributed by atoms with van der Waals surface area (Å²) < 4.78 is 1.30. The molecule has 184 valence electrons. The van der Waals surface area contributed by atoms with Gasteiger partial charge in [0.05, 0.1) is 5.39 Å². The third-order valence-corrected chi connectivity index (χ3v) is 5.41. The molecule has 0 atom stereocenters. The second-order valence-corrected chi connectivity index (χ2v) is 9.32. The maximum absolute atomic E-state index is 12.9. The molecule has 3 aromatic rings. The van der Waals surface area contributed by atoms with Crippen molar-refractivity contribution in [3.05, 3.63) is 70.1 Å². The van der Waals surface area contributed by atoms with Crippen LogP contribution in [0.4, 0.5) is 5.69 Å². The molecule has 2 aromatic carbocycles. The lowest BCUT2D eigenvalue weighted by Crippen LogP contribution is -2.42. The van der Waals surface area contributed by atoms with Crippen LogP contribution in [-0.2, 0) is 11.3 Å². The molecule has 0 fully saturated rings. The lowest BCUT2D eigenvalue weighted by atomic mass is 9.95. The SMILES string of the molecule is CCCCCn1nc(C(=O)NNC(=O)c2cccc(NC(=O)C(C)(C)C)c2)c2ccccc2c1=O. The predicted molar refractivity (Wildman–Crippen MR) is 135 cm³/mol. The van der Waals surface area contributed by atoms with Crippen molar-refractivity contribution in [1.29, 1.82) is 0 Å². The van der Waals surface area contributed by atoms with E-state index in [1.807, 2.05) is 0 Å². The van der Waals surface area contributed by atoms with Crippen LogP contribution in [0.1, 0.15) is 67.8 Å². The van der Waals surface area contributed by atoms with E-state index in [-0.39, 0.29) is 22.7 Å². The number of carbonyl (C=O) groups excluding carboxylic acids is 3. The van der Waals surface area contributed by atoms with Crippen molar-refractivity contribution >= 4 is 34.2 Å². The monoisotopic (exact) mass is 477 g/mol. The van der Waals surface area contributed by atoms with Crippen LogP contribution in [0.5, 0.6) is 0 Å². The minimum atomic E-state index is -0.643. The fourth-order valence-electron chi connectivity index (χ4n) is 3.37. The standard InChI is InChI=1S/C26H31N5O4/c1-5-6-9-15-31-24(34)20-14-8-7-13-19(20)21(30-31)23(33)29-28-22(32)17-11-10-12-18(16-17)27-25(35)26(2,3)4/h7-8,10-14,16H,5-6,9,15H2,1-4H3,(H,27,35)(H,28,32)(H,29,33). The summed E-state index contributed by atoms with van der Waals surface area (Å²) in [5.41, 5.74) is 4.68. The Kier molecular flexibility index (Phi) is 8.01. The highest BCUT2D eigenvalue weighted by Crippen LogP contribution is 2.18. The molecule has 0 bridgehead atoms. The molecule has 9 heteroatoms. The average molecular weight is 478 g/mol.